The average Bonchev–Trinajstić information content (AvgIpc) is 2.91. The van der Waals surface area contributed by atoms with Crippen molar-refractivity contribution in [2.24, 2.45) is 0 Å². The first-order valence-corrected chi connectivity index (χ1v) is 4.53. The second-order valence-electron chi connectivity index (χ2n) is 2.74. The van der Waals surface area contributed by atoms with Gasteiger partial charge in [-0.1, -0.05) is 12.7 Å². The molecule has 0 aliphatic rings. The number of hydrogen-bond donors (Lipinski definition) is 0. The summed E-state index contributed by atoms with van der Waals surface area (Å²) in [5, 5.41) is 0. The third kappa shape index (κ3) is 4.08. The number of rotatable bonds is 3. The molecule has 0 fully saturated rings. The summed E-state index contributed by atoms with van der Waals surface area (Å²) in [6.07, 6.45) is 14.2. The van der Waals surface area contributed by atoms with E-state index < -0.39 is 0 Å². The molecule has 2 aromatic heterocycles. The van der Waals surface area contributed by atoms with E-state index in [9.17, 15) is 0 Å². The molecule has 0 aromatic carbocycles. The van der Waals surface area contributed by atoms with Gasteiger partial charge >= 0.3 is 0 Å². The van der Waals surface area contributed by atoms with Crippen molar-refractivity contribution in [3.63, 3.8) is 0 Å². The second-order valence-corrected chi connectivity index (χ2v) is 2.74. The molecule has 78 valence electrons. The molecular weight excluding hydrogens is 188 g/mol. The molecule has 0 radical (unpaired) electrons. The molecular formula is C11H14N4. The van der Waals surface area contributed by atoms with Crippen molar-refractivity contribution in [2.45, 2.75) is 6.54 Å². The highest BCUT2D eigenvalue weighted by Gasteiger charge is 1.79. The largest absolute Gasteiger partial charge is 0.334 e. The molecule has 0 bridgehead atoms. The summed E-state index contributed by atoms with van der Waals surface area (Å²) < 4.78 is 3.73. The van der Waals surface area contributed by atoms with Crippen molar-refractivity contribution in [3.8, 4) is 0 Å². The predicted octanol–water partition coefficient (Wildman–Crippen LogP) is 2.05. The van der Waals surface area contributed by atoms with Crippen LogP contribution >= 0.6 is 0 Å². The molecule has 0 spiro atoms. The normalized spacial score (nSPS) is 8.80. The molecule has 4 heteroatoms. The summed E-state index contributed by atoms with van der Waals surface area (Å²) in [5.74, 6) is 0. The summed E-state index contributed by atoms with van der Waals surface area (Å²) in [6, 6.07) is 0. The first-order chi connectivity index (χ1) is 7.36. The van der Waals surface area contributed by atoms with Gasteiger partial charge in [0.1, 0.15) is 0 Å². The summed E-state index contributed by atoms with van der Waals surface area (Å²) >= 11 is 0. The summed E-state index contributed by atoms with van der Waals surface area (Å²) in [5.41, 5.74) is 0. The third-order valence-electron chi connectivity index (χ3n) is 1.63. The molecule has 0 N–H and O–H groups in total. The van der Waals surface area contributed by atoms with E-state index in [4.69, 9.17) is 0 Å². The first kappa shape index (κ1) is 11.0. The highest BCUT2D eigenvalue weighted by Crippen LogP contribution is 1.83. The second kappa shape index (κ2) is 6.37. The maximum atomic E-state index is 3.86. The van der Waals surface area contributed by atoms with Crippen molar-refractivity contribution in [1.82, 2.24) is 19.1 Å². The lowest BCUT2D eigenvalue weighted by Crippen LogP contribution is -1.87. The standard InChI is InChI=1S/C6H8N2.C5H6N2/c1-2-4-8-5-3-7-6-8;1-2-7-4-3-6-5-7/h2-3,5-6H,1,4H2;2-5H,1H2. The molecule has 2 aromatic rings. The molecule has 0 saturated carbocycles. The van der Waals surface area contributed by atoms with Gasteiger partial charge in [-0.2, -0.15) is 0 Å². The van der Waals surface area contributed by atoms with E-state index in [-0.39, 0.29) is 0 Å². The van der Waals surface area contributed by atoms with E-state index in [2.05, 4.69) is 23.1 Å². The Kier molecular flexibility index (Phi) is 4.66. The van der Waals surface area contributed by atoms with Crippen molar-refractivity contribution < 1.29 is 0 Å². The number of nitrogens with zero attached hydrogens (tertiary/aromatic N) is 4. The molecule has 0 amide bonds. The van der Waals surface area contributed by atoms with Crippen LogP contribution in [0.25, 0.3) is 6.20 Å². The van der Waals surface area contributed by atoms with Gasteiger partial charge in [0.05, 0.1) is 12.7 Å². The minimum atomic E-state index is 0.847. The van der Waals surface area contributed by atoms with Gasteiger partial charge in [-0.15, -0.1) is 6.58 Å². The zero-order valence-electron chi connectivity index (χ0n) is 8.53. The minimum absolute atomic E-state index is 0.847. The fourth-order valence-corrected chi connectivity index (χ4v) is 0.921. The minimum Gasteiger partial charge on any atom is -0.334 e. The van der Waals surface area contributed by atoms with Gasteiger partial charge in [0, 0.05) is 37.5 Å². The lowest BCUT2D eigenvalue weighted by atomic mass is 10.6. The van der Waals surface area contributed by atoms with Crippen LogP contribution in [0.4, 0.5) is 0 Å². The quantitative estimate of drug-likeness (QED) is 0.714. The molecule has 0 saturated heterocycles. The fraction of sp³-hybridized carbons (Fsp3) is 0.0909. The molecule has 0 unspecified atom stereocenters. The topological polar surface area (TPSA) is 35.6 Å². The van der Waals surface area contributed by atoms with Crippen molar-refractivity contribution in [2.75, 3.05) is 0 Å². The monoisotopic (exact) mass is 202 g/mol. The zero-order chi connectivity index (χ0) is 10.9. The van der Waals surface area contributed by atoms with E-state index in [0.29, 0.717) is 0 Å². The highest BCUT2D eigenvalue weighted by molar-refractivity contribution is 5.14. The third-order valence-corrected chi connectivity index (χ3v) is 1.63. The number of allylic oxidation sites excluding steroid dienone is 1. The smallest absolute Gasteiger partial charge is 0.0986 e. The zero-order valence-corrected chi connectivity index (χ0v) is 8.53. The molecule has 2 heterocycles. The first-order valence-electron chi connectivity index (χ1n) is 4.53. The molecule has 15 heavy (non-hydrogen) atoms. The van der Waals surface area contributed by atoms with Crippen LogP contribution in [0.5, 0.6) is 0 Å². The van der Waals surface area contributed by atoms with Crippen LogP contribution in [0.1, 0.15) is 0 Å². The molecule has 0 aliphatic heterocycles. The van der Waals surface area contributed by atoms with Gasteiger partial charge in [0.2, 0.25) is 0 Å². The van der Waals surface area contributed by atoms with Crippen LogP contribution in [-0.2, 0) is 6.54 Å². The van der Waals surface area contributed by atoms with Crippen LogP contribution in [0.2, 0.25) is 0 Å². The SMILES string of the molecule is C=CCn1ccnc1.C=Cn1ccnc1. The Hall–Kier alpha value is -2.10. The Morgan fingerprint density at radius 3 is 2.20 bits per heavy atom. The van der Waals surface area contributed by atoms with Crippen LogP contribution in [0.3, 0.4) is 0 Å². The van der Waals surface area contributed by atoms with Gasteiger partial charge in [-0.05, 0) is 0 Å². The summed E-state index contributed by atoms with van der Waals surface area (Å²) in [7, 11) is 0. The van der Waals surface area contributed by atoms with Gasteiger partial charge in [-0.3, -0.25) is 0 Å². The van der Waals surface area contributed by atoms with Crippen molar-refractivity contribution in [1.29, 1.82) is 0 Å². The van der Waals surface area contributed by atoms with E-state index >= 15 is 0 Å². The van der Waals surface area contributed by atoms with Crippen molar-refractivity contribution >= 4 is 6.20 Å². The Morgan fingerprint density at radius 2 is 1.80 bits per heavy atom. The number of hydrogen-bond acceptors (Lipinski definition) is 2. The molecule has 4 nitrogen and oxygen atoms in total. The molecule has 0 aliphatic carbocycles. The van der Waals surface area contributed by atoms with Gasteiger partial charge in [0.15, 0.2) is 0 Å². The van der Waals surface area contributed by atoms with Crippen LogP contribution in [-0.4, -0.2) is 19.1 Å². The van der Waals surface area contributed by atoms with Crippen LogP contribution in [0.15, 0.2) is 56.7 Å². The summed E-state index contributed by atoms with van der Waals surface area (Å²) in [6.45, 7) is 7.96. The molecule has 0 atom stereocenters. The molecule has 2 rings (SSSR count). The highest BCUT2D eigenvalue weighted by atomic mass is 15.0. The van der Waals surface area contributed by atoms with Gasteiger partial charge in [0.25, 0.3) is 0 Å². The Labute approximate surface area is 89.2 Å². The van der Waals surface area contributed by atoms with Gasteiger partial charge < -0.3 is 9.13 Å². The Morgan fingerprint density at radius 1 is 1.07 bits per heavy atom. The van der Waals surface area contributed by atoms with Gasteiger partial charge in [-0.25, -0.2) is 9.97 Å². The maximum absolute atomic E-state index is 3.86. The fourth-order valence-electron chi connectivity index (χ4n) is 0.921. The van der Waals surface area contributed by atoms with E-state index in [1.807, 2.05) is 23.0 Å². The maximum Gasteiger partial charge on any atom is 0.0986 e. The Balaban J connectivity index is 0.000000151. The van der Waals surface area contributed by atoms with Crippen LogP contribution in [0, 0.1) is 0 Å². The van der Waals surface area contributed by atoms with E-state index in [0.717, 1.165) is 6.54 Å². The predicted molar refractivity (Wildman–Crippen MR) is 61.0 cm³/mol. The van der Waals surface area contributed by atoms with Crippen molar-refractivity contribution in [3.05, 3.63) is 56.7 Å². The lowest BCUT2D eigenvalue weighted by Gasteiger charge is -1.89. The Bertz CT molecular complexity index is 373. The summed E-state index contributed by atoms with van der Waals surface area (Å²) in [4.78, 5) is 7.64. The van der Waals surface area contributed by atoms with Crippen LogP contribution < -0.4 is 0 Å². The van der Waals surface area contributed by atoms with E-state index in [1.54, 1.807) is 35.8 Å². The average molecular weight is 202 g/mol. The lowest BCUT2D eigenvalue weighted by molar-refractivity contribution is 0.822. The number of imidazole rings is 2. The number of aromatic nitrogens is 4. The van der Waals surface area contributed by atoms with E-state index in [1.165, 1.54) is 0 Å².